The number of para-hydroxylation sites is 1. The van der Waals surface area contributed by atoms with Crippen molar-refractivity contribution in [3.8, 4) is 11.5 Å². The molecule has 5 nitrogen and oxygen atoms in total. The lowest BCUT2D eigenvalue weighted by atomic mass is 9.99. The predicted molar refractivity (Wildman–Crippen MR) is 92.9 cm³/mol. The van der Waals surface area contributed by atoms with Crippen LogP contribution in [0.1, 0.15) is 23.7 Å². The summed E-state index contributed by atoms with van der Waals surface area (Å²) in [6.45, 7) is 1.90. The lowest BCUT2D eigenvalue weighted by Crippen LogP contribution is -2.08. The van der Waals surface area contributed by atoms with Gasteiger partial charge in [0.25, 0.3) is 0 Å². The van der Waals surface area contributed by atoms with E-state index < -0.39 is 0 Å². The molecule has 0 amide bonds. The average Bonchev–Trinajstić information content (AvgIpc) is 2.60. The summed E-state index contributed by atoms with van der Waals surface area (Å²) in [5, 5.41) is 33.7. The number of fused-ring (bicyclic) bond motifs is 1. The molecule has 1 aromatic heterocycles. The average molecular weight is 322 g/mol. The zero-order chi connectivity index (χ0) is 17.1. The number of hydrogen-bond acceptors (Lipinski definition) is 5. The summed E-state index contributed by atoms with van der Waals surface area (Å²) in [7, 11) is 0. The first-order valence-electron chi connectivity index (χ1n) is 7.73. The van der Waals surface area contributed by atoms with Crippen LogP contribution in [0.3, 0.4) is 0 Å². The Morgan fingerprint density at radius 2 is 1.83 bits per heavy atom. The van der Waals surface area contributed by atoms with Crippen molar-refractivity contribution in [3.05, 3.63) is 65.4 Å². The Bertz CT molecular complexity index is 920. The normalized spacial score (nSPS) is 11.8. The van der Waals surface area contributed by atoms with E-state index in [9.17, 15) is 15.4 Å². The summed E-state index contributed by atoms with van der Waals surface area (Å²) < 4.78 is 0. The predicted octanol–water partition coefficient (Wildman–Crippen LogP) is 3.63. The highest BCUT2D eigenvalue weighted by Crippen LogP contribution is 2.29. The van der Waals surface area contributed by atoms with E-state index in [2.05, 4.69) is 10.1 Å². The van der Waals surface area contributed by atoms with Gasteiger partial charge in [0, 0.05) is 29.1 Å². The molecule has 0 unspecified atom stereocenters. The molecular formula is C19H18N2O3. The second-order valence-corrected chi connectivity index (χ2v) is 5.57. The molecule has 122 valence electrons. The third kappa shape index (κ3) is 3.01. The van der Waals surface area contributed by atoms with Gasteiger partial charge in [0.05, 0.1) is 11.2 Å². The number of aromatic nitrogens is 1. The fourth-order valence-corrected chi connectivity index (χ4v) is 2.70. The van der Waals surface area contributed by atoms with Gasteiger partial charge in [-0.25, -0.2) is 0 Å². The molecule has 5 heteroatoms. The van der Waals surface area contributed by atoms with E-state index in [4.69, 9.17) is 0 Å². The lowest BCUT2D eigenvalue weighted by molar-refractivity contribution is 0.318. The quantitative estimate of drug-likeness (QED) is 0.389. The number of aryl methyl sites for hydroxylation is 1. The van der Waals surface area contributed by atoms with E-state index in [1.165, 1.54) is 6.07 Å². The Morgan fingerprint density at radius 3 is 2.58 bits per heavy atom. The first kappa shape index (κ1) is 15.8. The molecule has 0 atom stereocenters. The monoisotopic (exact) mass is 322 g/mol. The Balaban J connectivity index is 1.97. The standard InChI is InChI=1S/C19H18N2O3/c1-2-12-9-15(19(23)11-18(12)22)17(21-24)10-14-8-7-13-5-3-4-6-16(13)20-14/h3-9,11,22-24H,2,10H2,1H3/b21-17+. The number of rotatable bonds is 4. The molecule has 0 aliphatic carbocycles. The molecule has 3 aromatic rings. The van der Waals surface area contributed by atoms with Gasteiger partial charge in [-0.05, 0) is 30.2 Å². The SMILES string of the molecule is CCc1cc(/C(Cc2ccc3ccccc3n2)=N/O)c(O)cc1O. The highest BCUT2D eigenvalue weighted by Gasteiger charge is 2.15. The molecule has 24 heavy (non-hydrogen) atoms. The number of hydrogen-bond donors (Lipinski definition) is 3. The van der Waals surface area contributed by atoms with Crippen LogP contribution in [0.25, 0.3) is 10.9 Å². The summed E-state index contributed by atoms with van der Waals surface area (Å²) in [6, 6.07) is 14.5. The first-order valence-corrected chi connectivity index (χ1v) is 7.73. The van der Waals surface area contributed by atoms with Crippen LogP contribution in [-0.2, 0) is 12.8 Å². The minimum absolute atomic E-state index is 0.0277. The molecule has 0 radical (unpaired) electrons. The Hall–Kier alpha value is -3.08. The summed E-state index contributed by atoms with van der Waals surface area (Å²) in [5.74, 6) is -0.0989. The number of aromatic hydroxyl groups is 2. The summed E-state index contributed by atoms with van der Waals surface area (Å²) in [6.07, 6.45) is 0.870. The minimum atomic E-state index is -0.127. The third-order valence-electron chi connectivity index (χ3n) is 4.01. The van der Waals surface area contributed by atoms with Gasteiger partial charge >= 0.3 is 0 Å². The number of phenols is 2. The Morgan fingerprint density at radius 1 is 1.04 bits per heavy atom. The van der Waals surface area contributed by atoms with Gasteiger partial charge in [0.2, 0.25) is 0 Å². The maximum atomic E-state index is 10.1. The fourth-order valence-electron chi connectivity index (χ4n) is 2.70. The minimum Gasteiger partial charge on any atom is -0.508 e. The molecule has 0 saturated heterocycles. The summed E-state index contributed by atoms with van der Waals surface area (Å²) in [5.41, 5.74) is 2.95. The van der Waals surface area contributed by atoms with Crippen LogP contribution in [0.2, 0.25) is 0 Å². The van der Waals surface area contributed by atoms with Crippen molar-refractivity contribution >= 4 is 16.6 Å². The topological polar surface area (TPSA) is 85.9 Å². The summed E-state index contributed by atoms with van der Waals surface area (Å²) >= 11 is 0. The summed E-state index contributed by atoms with van der Waals surface area (Å²) in [4.78, 5) is 4.56. The number of pyridine rings is 1. The highest BCUT2D eigenvalue weighted by molar-refractivity contribution is 6.04. The van der Waals surface area contributed by atoms with Crippen molar-refractivity contribution in [2.45, 2.75) is 19.8 Å². The molecular weight excluding hydrogens is 304 g/mol. The van der Waals surface area contributed by atoms with E-state index >= 15 is 0 Å². The fraction of sp³-hybridized carbons (Fsp3) is 0.158. The largest absolute Gasteiger partial charge is 0.508 e. The van der Waals surface area contributed by atoms with E-state index in [0.29, 0.717) is 23.3 Å². The van der Waals surface area contributed by atoms with E-state index in [1.807, 2.05) is 43.3 Å². The van der Waals surface area contributed by atoms with Crippen molar-refractivity contribution < 1.29 is 15.4 Å². The number of nitrogens with zero attached hydrogens (tertiary/aromatic N) is 2. The van der Waals surface area contributed by atoms with Crippen molar-refractivity contribution in [2.24, 2.45) is 5.16 Å². The van der Waals surface area contributed by atoms with Gasteiger partial charge in [-0.3, -0.25) is 4.98 Å². The van der Waals surface area contributed by atoms with E-state index in [0.717, 1.165) is 16.6 Å². The van der Waals surface area contributed by atoms with Crippen molar-refractivity contribution in [2.75, 3.05) is 0 Å². The molecule has 2 aromatic carbocycles. The second kappa shape index (κ2) is 6.58. The molecule has 3 N–H and O–H groups in total. The zero-order valence-corrected chi connectivity index (χ0v) is 13.3. The van der Waals surface area contributed by atoms with Crippen LogP contribution in [-0.4, -0.2) is 26.1 Å². The van der Waals surface area contributed by atoms with Crippen LogP contribution in [0.5, 0.6) is 11.5 Å². The molecule has 0 fully saturated rings. The number of benzene rings is 2. The number of oxime groups is 1. The van der Waals surface area contributed by atoms with Crippen LogP contribution in [0.4, 0.5) is 0 Å². The maximum Gasteiger partial charge on any atom is 0.128 e. The Labute approximate surface area is 139 Å². The van der Waals surface area contributed by atoms with E-state index in [-0.39, 0.29) is 17.9 Å². The number of phenolic OH excluding ortho intramolecular Hbond substituents is 2. The van der Waals surface area contributed by atoms with Crippen molar-refractivity contribution in [1.29, 1.82) is 0 Å². The van der Waals surface area contributed by atoms with Crippen LogP contribution in [0, 0.1) is 0 Å². The van der Waals surface area contributed by atoms with Gasteiger partial charge in [-0.2, -0.15) is 0 Å². The van der Waals surface area contributed by atoms with Crippen LogP contribution in [0.15, 0.2) is 53.7 Å². The van der Waals surface area contributed by atoms with Gasteiger partial charge in [-0.15, -0.1) is 0 Å². The highest BCUT2D eigenvalue weighted by atomic mass is 16.4. The van der Waals surface area contributed by atoms with E-state index in [1.54, 1.807) is 6.07 Å². The molecule has 3 rings (SSSR count). The van der Waals surface area contributed by atoms with Gasteiger partial charge < -0.3 is 15.4 Å². The Kier molecular flexibility index (Phi) is 4.33. The van der Waals surface area contributed by atoms with Crippen molar-refractivity contribution in [3.63, 3.8) is 0 Å². The van der Waals surface area contributed by atoms with Gasteiger partial charge in [-0.1, -0.05) is 36.3 Å². The molecule has 0 saturated carbocycles. The van der Waals surface area contributed by atoms with Gasteiger partial charge in [0.1, 0.15) is 11.5 Å². The third-order valence-corrected chi connectivity index (χ3v) is 4.01. The second-order valence-electron chi connectivity index (χ2n) is 5.57. The van der Waals surface area contributed by atoms with Crippen molar-refractivity contribution in [1.82, 2.24) is 4.98 Å². The zero-order valence-electron chi connectivity index (χ0n) is 13.3. The maximum absolute atomic E-state index is 10.1. The van der Waals surface area contributed by atoms with Gasteiger partial charge in [0.15, 0.2) is 0 Å². The molecule has 1 heterocycles. The molecule has 0 aliphatic rings. The lowest BCUT2D eigenvalue weighted by Gasteiger charge is -2.11. The molecule has 0 spiro atoms. The smallest absolute Gasteiger partial charge is 0.128 e. The first-order chi connectivity index (χ1) is 11.6. The van der Waals surface area contributed by atoms with Crippen LogP contribution < -0.4 is 0 Å². The molecule has 0 aliphatic heterocycles. The molecule has 0 bridgehead atoms. The van der Waals surface area contributed by atoms with Crippen LogP contribution >= 0.6 is 0 Å².